The molecule has 0 spiro atoms. The first-order valence-electron chi connectivity index (χ1n) is 10.7. The molecule has 0 aliphatic heterocycles. The highest BCUT2D eigenvalue weighted by atomic mass is 35.5. The van der Waals surface area contributed by atoms with E-state index in [1.54, 1.807) is 0 Å². The Kier molecular flexibility index (Phi) is 8.75. The second-order valence-electron chi connectivity index (χ2n) is 8.80. The van der Waals surface area contributed by atoms with E-state index in [2.05, 4.69) is 25.2 Å². The molecule has 2 aliphatic rings. The molecule has 0 aromatic heterocycles. The Hall–Kier alpha value is -1.14. The molecule has 0 aromatic rings. The average Bonchev–Trinajstić information content (AvgIpc) is 2.65. The fourth-order valence-corrected chi connectivity index (χ4v) is 5.08. The van der Waals surface area contributed by atoms with Gasteiger partial charge in [-0.3, -0.25) is 9.59 Å². The summed E-state index contributed by atoms with van der Waals surface area (Å²) in [5, 5.41) is 23.8. The maximum atomic E-state index is 12.4. The van der Waals surface area contributed by atoms with Crippen molar-refractivity contribution in [3.8, 4) is 0 Å². The number of fused-ring (bicyclic) bond motifs is 2. The Morgan fingerprint density at radius 3 is 2.77 bits per heavy atom. The van der Waals surface area contributed by atoms with Gasteiger partial charge in [0.25, 0.3) is 0 Å². The quantitative estimate of drug-likeness (QED) is 0.210. The predicted octanol–water partition coefficient (Wildman–Crippen LogP) is 4.15. The molecule has 2 rings (SSSR count). The molecule has 5 atom stereocenters. The lowest BCUT2D eigenvalue weighted by atomic mass is 9.68. The third kappa shape index (κ3) is 6.19. The van der Waals surface area contributed by atoms with E-state index in [0.29, 0.717) is 5.92 Å². The summed E-state index contributed by atoms with van der Waals surface area (Å²) in [6, 6.07) is -0.871. The number of aliphatic hydroxyl groups excluding tert-OH is 1. The van der Waals surface area contributed by atoms with Gasteiger partial charge in [0.2, 0.25) is 5.91 Å². The van der Waals surface area contributed by atoms with Gasteiger partial charge in [0.05, 0.1) is 16.7 Å². The van der Waals surface area contributed by atoms with E-state index in [9.17, 15) is 19.8 Å². The molecule has 168 valence electrons. The zero-order valence-electron chi connectivity index (χ0n) is 18.0. The summed E-state index contributed by atoms with van der Waals surface area (Å²) >= 11 is 12.3. The van der Waals surface area contributed by atoms with Crippen molar-refractivity contribution in [3.63, 3.8) is 0 Å². The smallest absolute Gasteiger partial charge is 0.244 e. The Morgan fingerprint density at radius 1 is 1.40 bits per heavy atom. The van der Waals surface area contributed by atoms with E-state index in [1.807, 2.05) is 13.0 Å². The molecule has 3 N–H and O–H groups in total. The summed E-state index contributed by atoms with van der Waals surface area (Å²) < 4.78 is 0. The van der Waals surface area contributed by atoms with E-state index in [1.165, 1.54) is 37.8 Å². The second-order valence-corrected chi connectivity index (χ2v) is 9.88. The van der Waals surface area contributed by atoms with Gasteiger partial charge in [-0.05, 0) is 30.9 Å². The number of Topliss-reactive ketones (excluding diaryl/α,β-unsaturated/α-hetero) is 1. The van der Waals surface area contributed by atoms with Gasteiger partial charge in [-0.15, -0.1) is 11.6 Å². The lowest BCUT2D eigenvalue weighted by Crippen LogP contribution is -2.66. The van der Waals surface area contributed by atoms with Crippen molar-refractivity contribution in [2.24, 2.45) is 5.92 Å². The third-order valence-electron chi connectivity index (χ3n) is 5.86. The van der Waals surface area contributed by atoms with Crippen molar-refractivity contribution in [2.75, 3.05) is 0 Å². The van der Waals surface area contributed by atoms with Crippen molar-refractivity contribution in [3.05, 3.63) is 34.9 Å². The normalized spacial score (nSPS) is 32.8. The number of aliphatic hydroxyl groups is 2. The largest absolute Gasteiger partial charge is 0.389 e. The summed E-state index contributed by atoms with van der Waals surface area (Å²) in [7, 11) is 0. The average molecular weight is 458 g/mol. The number of alkyl halides is 1. The van der Waals surface area contributed by atoms with E-state index in [4.69, 9.17) is 23.2 Å². The van der Waals surface area contributed by atoms with Crippen molar-refractivity contribution in [2.45, 2.75) is 88.3 Å². The van der Waals surface area contributed by atoms with E-state index in [0.717, 1.165) is 12.0 Å². The zero-order valence-corrected chi connectivity index (χ0v) is 19.5. The number of ketones is 1. The van der Waals surface area contributed by atoms with Crippen LogP contribution in [0.1, 0.15) is 65.7 Å². The maximum absolute atomic E-state index is 12.4. The number of hydrogen-bond acceptors (Lipinski definition) is 4. The fraction of sp³-hybridized carbons (Fsp3) is 0.652. The molecule has 30 heavy (non-hydrogen) atoms. The monoisotopic (exact) mass is 457 g/mol. The van der Waals surface area contributed by atoms with Crippen LogP contribution in [0, 0.1) is 5.92 Å². The number of carbonyl (C=O) groups is 2. The Bertz CT molecular complexity index is 747. The van der Waals surface area contributed by atoms with E-state index < -0.39 is 34.3 Å². The molecule has 1 fully saturated rings. The molecule has 2 aliphatic carbocycles. The SMILES string of the molecule is CCCCCC[C@@H](C)/C=C/C(C)=C/C(=O)N[C@H]1C[C@@]2(O)C=C(Cl)C(=O)[C@@](Cl)(C2)[C@H]1O. The Morgan fingerprint density at radius 2 is 2.10 bits per heavy atom. The van der Waals surface area contributed by atoms with Gasteiger partial charge in [0, 0.05) is 18.9 Å². The van der Waals surface area contributed by atoms with Gasteiger partial charge in [-0.2, -0.15) is 0 Å². The van der Waals surface area contributed by atoms with Crippen molar-refractivity contribution in [1.82, 2.24) is 5.32 Å². The van der Waals surface area contributed by atoms with Crippen LogP contribution in [0.25, 0.3) is 0 Å². The molecular weight excluding hydrogens is 425 g/mol. The number of hydrogen-bond donors (Lipinski definition) is 3. The van der Waals surface area contributed by atoms with Crippen LogP contribution in [-0.2, 0) is 9.59 Å². The number of carbonyl (C=O) groups excluding carboxylic acids is 2. The summed E-state index contributed by atoms with van der Waals surface area (Å²) in [6.07, 6.45) is 11.3. The van der Waals surface area contributed by atoms with Crippen LogP contribution < -0.4 is 5.32 Å². The van der Waals surface area contributed by atoms with Crippen LogP contribution in [0.4, 0.5) is 0 Å². The number of halogens is 2. The lowest BCUT2D eigenvalue weighted by Gasteiger charge is -2.49. The van der Waals surface area contributed by atoms with Gasteiger partial charge in [-0.1, -0.05) is 63.3 Å². The van der Waals surface area contributed by atoms with Crippen LogP contribution in [-0.4, -0.2) is 44.5 Å². The molecule has 7 heteroatoms. The Labute approximate surface area is 189 Å². The molecule has 0 unspecified atom stereocenters. The standard InChI is InChI=1S/C23H33Cl2NO4/c1-4-5-6-7-8-15(2)9-10-16(3)11-19(27)26-18-13-22(30)12-17(24)20(28)23(25,14-22)21(18)29/h9-12,15,18,21,29-30H,4-8,13-14H2,1-3H3,(H,26,27)/b10-9+,16-11+/t15-,18+,21+,22+,23+/m1/s1. The highest BCUT2D eigenvalue weighted by Crippen LogP contribution is 2.47. The number of nitrogens with one attached hydrogen (secondary N) is 1. The first-order valence-corrected chi connectivity index (χ1v) is 11.5. The minimum atomic E-state index is -1.75. The Balaban J connectivity index is 1.97. The second kappa shape index (κ2) is 10.4. The molecule has 5 nitrogen and oxygen atoms in total. The molecular formula is C23H33Cl2NO4. The van der Waals surface area contributed by atoms with Gasteiger partial charge in [0.1, 0.15) is 11.0 Å². The summed E-state index contributed by atoms with van der Waals surface area (Å²) in [5.41, 5.74) is -0.674. The highest BCUT2D eigenvalue weighted by molar-refractivity contribution is 6.51. The van der Waals surface area contributed by atoms with E-state index >= 15 is 0 Å². The molecule has 0 radical (unpaired) electrons. The molecule has 2 bridgehead atoms. The fourth-order valence-electron chi connectivity index (χ4n) is 4.17. The van der Waals surface area contributed by atoms with Crippen molar-refractivity contribution < 1.29 is 19.8 Å². The molecule has 0 aromatic carbocycles. The summed E-state index contributed by atoms with van der Waals surface area (Å²) in [5.74, 6) is -0.617. The summed E-state index contributed by atoms with van der Waals surface area (Å²) in [6.45, 7) is 6.18. The van der Waals surface area contributed by atoms with Gasteiger partial charge < -0.3 is 15.5 Å². The van der Waals surface area contributed by atoms with Gasteiger partial charge >= 0.3 is 0 Å². The minimum absolute atomic E-state index is 0.0232. The van der Waals surface area contributed by atoms with Crippen LogP contribution in [0.3, 0.4) is 0 Å². The van der Waals surface area contributed by atoms with Crippen molar-refractivity contribution in [1.29, 1.82) is 0 Å². The topological polar surface area (TPSA) is 86.6 Å². The number of rotatable bonds is 9. The summed E-state index contributed by atoms with van der Waals surface area (Å²) in [4.78, 5) is 23.0. The first-order chi connectivity index (χ1) is 14.0. The predicted molar refractivity (Wildman–Crippen MR) is 120 cm³/mol. The van der Waals surface area contributed by atoms with Crippen LogP contribution in [0.15, 0.2) is 34.9 Å². The highest BCUT2D eigenvalue weighted by Gasteiger charge is 2.59. The van der Waals surface area contributed by atoms with Crippen molar-refractivity contribution >= 4 is 34.9 Å². The zero-order chi connectivity index (χ0) is 22.5. The maximum Gasteiger partial charge on any atom is 0.244 e. The minimum Gasteiger partial charge on any atom is -0.389 e. The van der Waals surface area contributed by atoms with Crippen LogP contribution in [0.5, 0.6) is 0 Å². The van der Waals surface area contributed by atoms with Gasteiger partial charge in [0.15, 0.2) is 5.78 Å². The molecule has 0 heterocycles. The van der Waals surface area contributed by atoms with E-state index in [-0.39, 0.29) is 17.9 Å². The van der Waals surface area contributed by atoms with Crippen LogP contribution >= 0.6 is 23.2 Å². The molecule has 1 amide bonds. The number of unbranched alkanes of at least 4 members (excludes halogenated alkanes) is 3. The van der Waals surface area contributed by atoms with Crippen LogP contribution in [0.2, 0.25) is 0 Å². The molecule has 1 saturated carbocycles. The lowest BCUT2D eigenvalue weighted by molar-refractivity contribution is -0.132. The van der Waals surface area contributed by atoms with Gasteiger partial charge in [-0.25, -0.2) is 0 Å². The first kappa shape index (κ1) is 25.1. The third-order valence-corrected chi connectivity index (χ3v) is 6.67. The molecule has 0 saturated heterocycles. The number of amides is 1. The number of allylic oxidation sites excluding steroid dienone is 4.